The Balaban J connectivity index is 1.48. The van der Waals surface area contributed by atoms with E-state index in [1.165, 1.54) is 45.6 Å². The second kappa shape index (κ2) is 17.1. The molecule has 41 heavy (non-hydrogen) atoms. The summed E-state index contributed by atoms with van der Waals surface area (Å²) in [6.07, 6.45) is 25.2. The van der Waals surface area contributed by atoms with Crippen LogP contribution < -0.4 is 0 Å². The van der Waals surface area contributed by atoms with Gasteiger partial charge in [0.05, 0.1) is 25.4 Å². The first kappa shape index (κ1) is 32.7. The van der Waals surface area contributed by atoms with Gasteiger partial charge in [-0.2, -0.15) is 0 Å². The fourth-order valence-electron chi connectivity index (χ4n) is 7.12. The number of carbonyl (C=O) groups is 1. The van der Waals surface area contributed by atoms with E-state index in [0.717, 1.165) is 71.0 Å². The number of unbranched alkanes of at least 4 members (excludes halogenated alkanes) is 2. The molecule has 2 aliphatic carbocycles. The molecule has 7 nitrogen and oxygen atoms in total. The Morgan fingerprint density at radius 3 is 2.41 bits per heavy atom. The number of aliphatic hydroxyl groups excluding tert-OH is 1. The number of rotatable bonds is 16. The number of ether oxygens (including phenoxy) is 5. The Morgan fingerprint density at radius 1 is 1.02 bits per heavy atom. The Morgan fingerprint density at radius 2 is 1.78 bits per heavy atom. The second-order valence-corrected chi connectivity index (χ2v) is 12.7. The highest BCUT2D eigenvalue weighted by Crippen LogP contribution is 2.50. The van der Waals surface area contributed by atoms with E-state index in [2.05, 4.69) is 31.2 Å². The van der Waals surface area contributed by atoms with Crippen molar-refractivity contribution < 1.29 is 33.6 Å². The van der Waals surface area contributed by atoms with Crippen molar-refractivity contribution in [1.29, 1.82) is 0 Å². The van der Waals surface area contributed by atoms with E-state index in [-0.39, 0.29) is 48.0 Å². The number of hydrogen-bond donors (Lipinski definition) is 1. The minimum atomic E-state index is -0.434. The zero-order chi connectivity index (χ0) is 28.9. The normalized spacial score (nSPS) is 32.8. The molecular weight excluding hydrogens is 520 g/mol. The predicted molar refractivity (Wildman–Crippen MR) is 159 cm³/mol. The van der Waals surface area contributed by atoms with Crippen molar-refractivity contribution in [3.63, 3.8) is 0 Å². The van der Waals surface area contributed by atoms with Gasteiger partial charge in [0, 0.05) is 37.4 Å². The fraction of sp³-hybridized carbons (Fsp3) is 0.853. The summed E-state index contributed by atoms with van der Waals surface area (Å²) in [5, 5.41) is 11.2. The van der Waals surface area contributed by atoms with Crippen molar-refractivity contribution in [3.8, 4) is 0 Å². The van der Waals surface area contributed by atoms with Gasteiger partial charge in [0.25, 0.3) is 0 Å². The molecule has 0 spiro atoms. The minimum absolute atomic E-state index is 0.0183. The van der Waals surface area contributed by atoms with Crippen LogP contribution in [0.25, 0.3) is 0 Å². The third kappa shape index (κ3) is 9.62. The number of esters is 1. The summed E-state index contributed by atoms with van der Waals surface area (Å²) in [5.41, 5.74) is 0.183. The number of allylic oxidation sites excluding steroid dienone is 2. The molecule has 4 fully saturated rings. The van der Waals surface area contributed by atoms with Crippen LogP contribution in [-0.2, 0) is 28.5 Å². The Labute approximate surface area is 248 Å². The van der Waals surface area contributed by atoms with Gasteiger partial charge < -0.3 is 28.8 Å². The van der Waals surface area contributed by atoms with Crippen molar-refractivity contribution in [2.45, 2.75) is 147 Å². The standard InChI is InChI=1S/C34H56O7/c1-3-4-20-34(21-13-22-34)30(41-33-17-10-12-24-39-33)19-18-27-26(14-7-5-6-8-15-31(36)37-2)28(35)25-29(27)40-32-16-9-11-23-38-32/h5,7,18-19,26-30,32-33,35H,3-4,6,8-17,20-25H2,1-2H3/t26-,27-,28-,29-,30-,32?,33?/m1/s1. The first-order valence-corrected chi connectivity index (χ1v) is 16.7. The van der Waals surface area contributed by atoms with E-state index in [1.807, 2.05) is 0 Å². The fourth-order valence-corrected chi connectivity index (χ4v) is 7.12. The summed E-state index contributed by atoms with van der Waals surface area (Å²) in [7, 11) is 1.43. The van der Waals surface area contributed by atoms with Gasteiger partial charge in [-0.3, -0.25) is 4.79 Å². The minimum Gasteiger partial charge on any atom is -0.469 e. The third-order valence-electron chi connectivity index (χ3n) is 9.84. The van der Waals surface area contributed by atoms with Crippen LogP contribution in [0.2, 0.25) is 0 Å². The van der Waals surface area contributed by atoms with Crippen LogP contribution in [0.15, 0.2) is 24.3 Å². The molecular formula is C34H56O7. The van der Waals surface area contributed by atoms with E-state index >= 15 is 0 Å². The molecule has 1 N–H and O–H groups in total. The largest absolute Gasteiger partial charge is 0.469 e. The third-order valence-corrected chi connectivity index (χ3v) is 9.84. The smallest absolute Gasteiger partial charge is 0.305 e. The number of carbonyl (C=O) groups excluding carboxylic acids is 1. The molecule has 0 amide bonds. The summed E-state index contributed by atoms with van der Waals surface area (Å²) < 4.78 is 30.0. The molecule has 0 radical (unpaired) electrons. The molecule has 0 aromatic carbocycles. The van der Waals surface area contributed by atoms with Crippen molar-refractivity contribution in [1.82, 2.24) is 0 Å². The van der Waals surface area contributed by atoms with E-state index in [1.54, 1.807) is 0 Å². The van der Waals surface area contributed by atoms with Crippen molar-refractivity contribution in [2.24, 2.45) is 17.3 Å². The highest BCUT2D eigenvalue weighted by molar-refractivity contribution is 5.69. The van der Waals surface area contributed by atoms with Gasteiger partial charge >= 0.3 is 5.97 Å². The number of aliphatic hydroxyl groups is 1. The van der Waals surface area contributed by atoms with Gasteiger partial charge in [0.1, 0.15) is 0 Å². The molecule has 2 saturated carbocycles. The van der Waals surface area contributed by atoms with Gasteiger partial charge in [-0.25, -0.2) is 0 Å². The molecule has 4 rings (SSSR count). The molecule has 4 aliphatic rings. The van der Waals surface area contributed by atoms with Crippen molar-refractivity contribution in [3.05, 3.63) is 24.3 Å². The van der Waals surface area contributed by atoms with E-state index in [0.29, 0.717) is 12.8 Å². The SMILES string of the molecule is CCCCC1([C@@H](C=C[C@@H]2[C@@H](CC=CCCCC(=O)OC)[C@H](O)C[C@H]2OC2CCCCO2)OC2CCCCO2)CCC1. The molecule has 0 aromatic heterocycles. The summed E-state index contributed by atoms with van der Waals surface area (Å²) in [6.45, 7) is 3.80. The first-order chi connectivity index (χ1) is 20.0. The first-order valence-electron chi connectivity index (χ1n) is 16.7. The molecule has 0 aromatic rings. The van der Waals surface area contributed by atoms with E-state index in [4.69, 9.17) is 23.7 Å². The maximum Gasteiger partial charge on any atom is 0.305 e. The molecule has 7 atom stereocenters. The van der Waals surface area contributed by atoms with Crippen molar-refractivity contribution in [2.75, 3.05) is 20.3 Å². The summed E-state index contributed by atoms with van der Waals surface area (Å²) in [4.78, 5) is 11.4. The second-order valence-electron chi connectivity index (χ2n) is 12.7. The molecule has 2 heterocycles. The molecule has 2 saturated heterocycles. The highest BCUT2D eigenvalue weighted by atomic mass is 16.7. The maximum absolute atomic E-state index is 11.4. The van der Waals surface area contributed by atoms with Gasteiger partial charge in [-0.05, 0) is 83.0 Å². The topological polar surface area (TPSA) is 83.5 Å². The zero-order valence-corrected chi connectivity index (χ0v) is 25.7. The average Bonchev–Trinajstić information content (AvgIpc) is 3.26. The van der Waals surface area contributed by atoms with Gasteiger partial charge in [0.15, 0.2) is 12.6 Å². The quantitative estimate of drug-likeness (QED) is 0.120. The highest BCUT2D eigenvalue weighted by Gasteiger charge is 2.46. The van der Waals surface area contributed by atoms with Gasteiger partial charge in [-0.15, -0.1) is 0 Å². The lowest BCUT2D eigenvalue weighted by molar-refractivity contribution is -0.211. The predicted octanol–water partition coefficient (Wildman–Crippen LogP) is 7.01. The van der Waals surface area contributed by atoms with Crippen LogP contribution in [0, 0.1) is 17.3 Å². The number of methoxy groups -OCH3 is 1. The van der Waals surface area contributed by atoms with E-state index in [9.17, 15) is 9.90 Å². The summed E-state index contributed by atoms with van der Waals surface area (Å²) in [6, 6.07) is 0. The summed E-state index contributed by atoms with van der Waals surface area (Å²) >= 11 is 0. The lowest BCUT2D eigenvalue weighted by Crippen LogP contribution is -2.44. The van der Waals surface area contributed by atoms with Gasteiger partial charge in [0.2, 0.25) is 0 Å². The van der Waals surface area contributed by atoms with Crippen LogP contribution in [0.4, 0.5) is 0 Å². The average molecular weight is 577 g/mol. The Kier molecular flexibility index (Phi) is 13.7. The van der Waals surface area contributed by atoms with E-state index < -0.39 is 6.10 Å². The lowest BCUT2D eigenvalue weighted by atomic mass is 9.62. The molecule has 0 bridgehead atoms. The molecule has 2 aliphatic heterocycles. The molecule has 234 valence electrons. The number of hydrogen-bond acceptors (Lipinski definition) is 7. The van der Waals surface area contributed by atoms with Crippen LogP contribution in [0.3, 0.4) is 0 Å². The van der Waals surface area contributed by atoms with Crippen LogP contribution in [0.1, 0.15) is 116 Å². The Bertz CT molecular complexity index is 810. The van der Waals surface area contributed by atoms with Crippen LogP contribution in [0.5, 0.6) is 0 Å². The summed E-state index contributed by atoms with van der Waals surface area (Å²) in [5.74, 6) is -0.0218. The molecule has 7 heteroatoms. The zero-order valence-electron chi connectivity index (χ0n) is 25.7. The van der Waals surface area contributed by atoms with Crippen LogP contribution in [-0.4, -0.2) is 62.3 Å². The van der Waals surface area contributed by atoms with Gasteiger partial charge in [-0.1, -0.05) is 50.5 Å². The Hall–Kier alpha value is -1.25. The molecule has 2 unspecified atom stereocenters. The van der Waals surface area contributed by atoms with Crippen molar-refractivity contribution >= 4 is 5.97 Å². The lowest BCUT2D eigenvalue weighted by Gasteiger charge is -2.48. The van der Waals surface area contributed by atoms with Crippen LogP contribution >= 0.6 is 0 Å². The monoisotopic (exact) mass is 576 g/mol. The maximum atomic E-state index is 11.4.